The quantitative estimate of drug-likeness (QED) is 0.925. The van der Waals surface area contributed by atoms with Crippen molar-refractivity contribution in [2.45, 2.75) is 6.18 Å². The number of halogens is 4. The lowest BCUT2D eigenvalue weighted by molar-refractivity contribution is -0.141. The molecule has 0 saturated heterocycles. The molecule has 0 bridgehead atoms. The molecule has 0 fully saturated rings. The van der Waals surface area contributed by atoms with E-state index in [1.54, 1.807) is 0 Å². The van der Waals surface area contributed by atoms with Crippen molar-refractivity contribution >= 4 is 23.2 Å². The first kappa shape index (κ1) is 14.3. The average Bonchev–Trinajstić information content (AvgIpc) is 2.38. The van der Waals surface area contributed by atoms with Crippen LogP contribution in [0.2, 0.25) is 5.02 Å². The van der Waals surface area contributed by atoms with Crippen LogP contribution in [0.25, 0.3) is 0 Å². The van der Waals surface area contributed by atoms with E-state index in [1.807, 2.05) is 0 Å². The van der Waals surface area contributed by atoms with Crippen molar-refractivity contribution in [3.05, 3.63) is 53.1 Å². The summed E-state index contributed by atoms with van der Waals surface area (Å²) in [5.41, 5.74) is -0.785. The predicted molar refractivity (Wildman–Crippen MR) is 66.4 cm³/mol. The van der Waals surface area contributed by atoms with Crippen LogP contribution in [0.1, 0.15) is 16.1 Å². The van der Waals surface area contributed by atoms with Crippen LogP contribution in [0.3, 0.4) is 0 Å². The van der Waals surface area contributed by atoms with E-state index >= 15 is 0 Å². The monoisotopic (exact) mass is 301 g/mol. The van der Waals surface area contributed by atoms with Gasteiger partial charge in [-0.3, -0.25) is 9.78 Å². The maximum atomic E-state index is 12.3. The van der Waals surface area contributed by atoms with Crippen LogP contribution < -0.4 is 5.32 Å². The molecule has 0 aromatic carbocycles. The van der Waals surface area contributed by atoms with E-state index in [4.69, 9.17) is 11.6 Å². The minimum Gasteiger partial charge on any atom is -0.320 e. The van der Waals surface area contributed by atoms with E-state index in [-0.39, 0.29) is 16.3 Å². The van der Waals surface area contributed by atoms with Gasteiger partial charge in [0.05, 0.1) is 22.5 Å². The maximum absolute atomic E-state index is 12.3. The van der Waals surface area contributed by atoms with Gasteiger partial charge in [-0.05, 0) is 18.2 Å². The van der Waals surface area contributed by atoms with Gasteiger partial charge in [0, 0.05) is 12.4 Å². The minimum atomic E-state index is -4.52. The van der Waals surface area contributed by atoms with Gasteiger partial charge in [0.15, 0.2) is 0 Å². The van der Waals surface area contributed by atoms with Gasteiger partial charge >= 0.3 is 6.18 Å². The van der Waals surface area contributed by atoms with Crippen LogP contribution >= 0.6 is 11.6 Å². The van der Waals surface area contributed by atoms with Crippen LogP contribution in [-0.2, 0) is 6.18 Å². The first-order valence-corrected chi connectivity index (χ1v) is 5.70. The fraction of sp³-hybridized carbons (Fsp3) is 0.0833. The largest absolute Gasteiger partial charge is 0.433 e. The number of alkyl halides is 3. The highest BCUT2D eigenvalue weighted by Gasteiger charge is 2.32. The third-order valence-electron chi connectivity index (χ3n) is 2.32. The zero-order valence-electron chi connectivity index (χ0n) is 9.78. The Morgan fingerprint density at radius 2 is 1.95 bits per heavy atom. The highest BCUT2D eigenvalue weighted by Crippen LogP contribution is 2.27. The van der Waals surface area contributed by atoms with Gasteiger partial charge in [0.25, 0.3) is 5.91 Å². The van der Waals surface area contributed by atoms with Crippen molar-refractivity contribution in [3.63, 3.8) is 0 Å². The molecule has 0 aliphatic rings. The van der Waals surface area contributed by atoms with Crippen LogP contribution in [0.15, 0.2) is 36.8 Å². The van der Waals surface area contributed by atoms with Crippen molar-refractivity contribution in [2.24, 2.45) is 0 Å². The van der Waals surface area contributed by atoms with Crippen molar-refractivity contribution in [3.8, 4) is 0 Å². The molecule has 1 N–H and O–H groups in total. The lowest BCUT2D eigenvalue weighted by Gasteiger charge is -2.08. The molecule has 0 saturated carbocycles. The van der Waals surface area contributed by atoms with Crippen molar-refractivity contribution in [2.75, 3.05) is 5.32 Å². The summed E-state index contributed by atoms with van der Waals surface area (Å²) in [5.74, 6) is -0.579. The summed E-state index contributed by atoms with van der Waals surface area (Å²) < 4.78 is 37.0. The zero-order chi connectivity index (χ0) is 14.8. The predicted octanol–water partition coefficient (Wildman–Crippen LogP) is 3.40. The number of carbonyl (C=O) groups excluding carboxylic acids is 1. The summed E-state index contributed by atoms with van der Waals surface area (Å²) in [6.45, 7) is 0. The van der Waals surface area contributed by atoms with Crippen LogP contribution in [0.4, 0.5) is 18.9 Å². The van der Waals surface area contributed by atoms with Gasteiger partial charge in [0.2, 0.25) is 0 Å². The average molecular weight is 302 g/mol. The SMILES string of the molecule is O=C(Nc1ccc(C(F)(F)F)nc1)c1cnccc1Cl. The summed E-state index contributed by atoms with van der Waals surface area (Å²) in [7, 11) is 0. The molecule has 8 heteroatoms. The summed E-state index contributed by atoms with van der Waals surface area (Å²) in [5, 5.41) is 2.58. The molecule has 0 aliphatic carbocycles. The molecule has 4 nitrogen and oxygen atoms in total. The molecule has 20 heavy (non-hydrogen) atoms. The Kier molecular flexibility index (Phi) is 3.89. The van der Waals surface area contributed by atoms with Crippen molar-refractivity contribution in [1.29, 1.82) is 0 Å². The van der Waals surface area contributed by atoms with E-state index in [1.165, 1.54) is 18.5 Å². The number of nitrogens with one attached hydrogen (secondary N) is 1. The third kappa shape index (κ3) is 3.24. The molecule has 0 atom stereocenters. The summed E-state index contributed by atoms with van der Waals surface area (Å²) in [6.07, 6.45) is -0.922. The van der Waals surface area contributed by atoms with Gasteiger partial charge in [-0.15, -0.1) is 0 Å². The molecular weight excluding hydrogens is 295 g/mol. The Morgan fingerprint density at radius 1 is 1.20 bits per heavy atom. The van der Waals surface area contributed by atoms with Gasteiger partial charge in [-0.25, -0.2) is 4.98 Å². The second-order valence-corrected chi connectivity index (χ2v) is 4.15. The molecule has 0 radical (unpaired) electrons. The Bertz CT molecular complexity index is 629. The van der Waals surface area contributed by atoms with Gasteiger partial charge in [-0.1, -0.05) is 11.6 Å². The van der Waals surface area contributed by atoms with Crippen LogP contribution in [0, 0.1) is 0 Å². The second-order valence-electron chi connectivity index (χ2n) is 3.74. The third-order valence-corrected chi connectivity index (χ3v) is 2.65. The van der Waals surface area contributed by atoms with E-state index in [2.05, 4.69) is 15.3 Å². The summed E-state index contributed by atoms with van der Waals surface area (Å²) in [4.78, 5) is 18.8. The number of nitrogens with zero attached hydrogens (tertiary/aromatic N) is 2. The number of anilines is 1. The minimum absolute atomic E-state index is 0.120. The van der Waals surface area contributed by atoms with E-state index in [0.717, 1.165) is 18.3 Å². The van der Waals surface area contributed by atoms with Gasteiger partial charge in [-0.2, -0.15) is 13.2 Å². The number of aromatic nitrogens is 2. The molecule has 0 aliphatic heterocycles. The summed E-state index contributed by atoms with van der Waals surface area (Å²) in [6, 6.07) is 3.32. The molecule has 104 valence electrons. The normalized spacial score (nSPS) is 11.2. The highest BCUT2D eigenvalue weighted by atomic mass is 35.5. The number of rotatable bonds is 2. The molecule has 0 unspecified atom stereocenters. The number of hydrogen-bond acceptors (Lipinski definition) is 3. The number of hydrogen-bond donors (Lipinski definition) is 1. The highest BCUT2D eigenvalue weighted by molar-refractivity contribution is 6.34. The Labute approximate surface area is 116 Å². The number of carbonyl (C=O) groups is 1. The molecule has 0 spiro atoms. The van der Waals surface area contributed by atoms with E-state index in [0.29, 0.717) is 0 Å². The van der Waals surface area contributed by atoms with Crippen LogP contribution in [-0.4, -0.2) is 15.9 Å². The number of pyridine rings is 2. The van der Waals surface area contributed by atoms with Gasteiger partial charge in [0.1, 0.15) is 5.69 Å². The first-order valence-electron chi connectivity index (χ1n) is 5.32. The van der Waals surface area contributed by atoms with E-state index in [9.17, 15) is 18.0 Å². The Morgan fingerprint density at radius 3 is 2.50 bits per heavy atom. The molecule has 2 heterocycles. The molecule has 2 rings (SSSR count). The van der Waals surface area contributed by atoms with Crippen LogP contribution in [0.5, 0.6) is 0 Å². The lowest BCUT2D eigenvalue weighted by atomic mass is 10.2. The molecule has 2 aromatic rings. The molecule has 1 amide bonds. The first-order chi connectivity index (χ1) is 9.38. The fourth-order valence-corrected chi connectivity index (χ4v) is 1.57. The smallest absolute Gasteiger partial charge is 0.320 e. The zero-order valence-corrected chi connectivity index (χ0v) is 10.5. The maximum Gasteiger partial charge on any atom is 0.433 e. The fourth-order valence-electron chi connectivity index (χ4n) is 1.38. The molecular formula is C12H7ClF3N3O. The number of amides is 1. The standard InChI is InChI=1S/C12H7ClF3N3O/c13-9-3-4-17-6-8(9)11(20)19-7-1-2-10(18-5-7)12(14,15)16/h1-6H,(H,19,20). The molecule has 2 aromatic heterocycles. The lowest BCUT2D eigenvalue weighted by Crippen LogP contribution is -2.14. The topological polar surface area (TPSA) is 54.9 Å². The Balaban J connectivity index is 2.15. The van der Waals surface area contributed by atoms with Crippen molar-refractivity contribution in [1.82, 2.24) is 9.97 Å². The van der Waals surface area contributed by atoms with Crippen molar-refractivity contribution < 1.29 is 18.0 Å². The van der Waals surface area contributed by atoms with Gasteiger partial charge < -0.3 is 5.32 Å². The Hall–Kier alpha value is -2.15. The summed E-state index contributed by atoms with van der Waals surface area (Å²) >= 11 is 5.81. The second kappa shape index (κ2) is 5.46. The van der Waals surface area contributed by atoms with E-state index < -0.39 is 17.8 Å².